The van der Waals surface area contributed by atoms with Gasteiger partial charge in [-0.15, -0.1) is 0 Å². The summed E-state index contributed by atoms with van der Waals surface area (Å²) in [6.45, 7) is 4.19. The van der Waals surface area contributed by atoms with E-state index in [4.69, 9.17) is 5.73 Å². The molecule has 0 saturated carbocycles. The van der Waals surface area contributed by atoms with Crippen LogP contribution in [0.25, 0.3) is 22.5 Å². The zero-order chi connectivity index (χ0) is 15.0. The van der Waals surface area contributed by atoms with E-state index in [9.17, 15) is 0 Å². The van der Waals surface area contributed by atoms with Gasteiger partial charge in [0, 0.05) is 18.8 Å². The lowest BCUT2D eigenvalue weighted by Gasteiger charge is -2.09. The van der Waals surface area contributed by atoms with Gasteiger partial charge in [-0.25, -0.2) is 0 Å². The van der Waals surface area contributed by atoms with Gasteiger partial charge in [-0.05, 0) is 37.1 Å². The van der Waals surface area contributed by atoms with Crippen molar-refractivity contribution < 1.29 is 0 Å². The monoisotopic (exact) mass is 278 g/mol. The van der Waals surface area contributed by atoms with Gasteiger partial charge < -0.3 is 5.73 Å². The van der Waals surface area contributed by atoms with E-state index in [2.05, 4.69) is 42.1 Å². The third-order valence-electron chi connectivity index (χ3n) is 3.73. The van der Waals surface area contributed by atoms with Crippen molar-refractivity contribution in [2.24, 2.45) is 7.05 Å². The van der Waals surface area contributed by atoms with Gasteiger partial charge in [0.2, 0.25) is 0 Å². The van der Waals surface area contributed by atoms with E-state index in [0.717, 1.165) is 22.5 Å². The Morgan fingerprint density at radius 2 is 1.67 bits per heavy atom. The third-order valence-corrected chi connectivity index (χ3v) is 3.73. The first kappa shape index (κ1) is 13.4. The highest BCUT2D eigenvalue weighted by Crippen LogP contribution is 2.37. The zero-order valence-electron chi connectivity index (χ0n) is 12.5. The van der Waals surface area contributed by atoms with Gasteiger partial charge in [-0.3, -0.25) is 9.67 Å². The number of aryl methyl sites for hydroxylation is 3. The summed E-state index contributed by atoms with van der Waals surface area (Å²) in [6, 6.07) is 12.1. The Morgan fingerprint density at radius 1 is 0.952 bits per heavy atom. The fraction of sp³-hybridized carbons (Fsp3) is 0.176. The maximum Gasteiger partial charge on any atom is 0.131 e. The first-order valence-corrected chi connectivity index (χ1v) is 6.90. The van der Waals surface area contributed by atoms with E-state index in [0.29, 0.717) is 5.82 Å². The van der Waals surface area contributed by atoms with Gasteiger partial charge in [-0.1, -0.05) is 24.3 Å². The Morgan fingerprint density at radius 3 is 2.29 bits per heavy atom. The molecule has 0 atom stereocenters. The van der Waals surface area contributed by atoms with Crippen LogP contribution in [0.1, 0.15) is 11.1 Å². The molecule has 0 unspecified atom stereocenters. The minimum absolute atomic E-state index is 0.631. The van der Waals surface area contributed by atoms with E-state index >= 15 is 0 Å². The molecule has 1 aromatic carbocycles. The molecule has 21 heavy (non-hydrogen) atoms. The van der Waals surface area contributed by atoms with Crippen LogP contribution in [0, 0.1) is 13.8 Å². The van der Waals surface area contributed by atoms with Gasteiger partial charge in [0.1, 0.15) is 11.5 Å². The topological polar surface area (TPSA) is 56.7 Å². The number of nitrogen functional groups attached to an aromatic ring is 1. The lowest BCUT2D eigenvalue weighted by molar-refractivity contribution is 0.782. The van der Waals surface area contributed by atoms with Crippen molar-refractivity contribution in [1.82, 2.24) is 14.8 Å². The molecule has 0 radical (unpaired) electrons. The summed E-state index contributed by atoms with van der Waals surface area (Å²) in [5, 5.41) is 4.63. The fourth-order valence-corrected chi connectivity index (χ4v) is 2.66. The number of benzene rings is 1. The molecule has 0 aliphatic heterocycles. The number of nitrogens with two attached hydrogens (primary N) is 1. The maximum absolute atomic E-state index is 6.23. The van der Waals surface area contributed by atoms with Crippen molar-refractivity contribution >= 4 is 5.82 Å². The SMILES string of the molecule is Cc1cccc(C)c1-c1nn(C)c(N)c1-c1ccccn1. The quantitative estimate of drug-likeness (QED) is 0.782. The maximum atomic E-state index is 6.23. The standard InChI is InChI=1S/C17H18N4/c1-11-7-6-8-12(2)14(11)16-15(17(18)21(3)20-16)13-9-4-5-10-19-13/h4-10H,18H2,1-3H3. The highest BCUT2D eigenvalue weighted by Gasteiger charge is 2.20. The van der Waals surface area contributed by atoms with Gasteiger partial charge in [0.15, 0.2) is 0 Å². The van der Waals surface area contributed by atoms with Gasteiger partial charge in [0.25, 0.3) is 0 Å². The molecule has 3 aromatic rings. The highest BCUT2D eigenvalue weighted by atomic mass is 15.3. The van der Waals surface area contributed by atoms with Crippen molar-refractivity contribution in [3.05, 3.63) is 53.7 Å². The number of hydrogen-bond donors (Lipinski definition) is 1. The molecule has 4 heteroatoms. The molecule has 0 spiro atoms. The van der Waals surface area contributed by atoms with Crippen molar-refractivity contribution in [3.63, 3.8) is 0 Å². The summed E-state index contributed by atoms with van der Waals surface area (Å²) >= 11 is 0. The second-order valence-corrected chi connectivity index (χ2v) is 5.21. The minimum Gasteiger partial charge on any atom is -0.383 e. The Kier molecular flexibility index (Phi) is 3.22. The molecule has 0 saturated heterocycles. The van der Waals surface area contributed by atoms with Crippen LogP contribution in [-0.4, -0.2) is 14.8 Å². The van der Waals surface area contributed by atoms with Crippen LogP contribution in [0.5, 0.6) is 0 Å². The average Bonchev–Trinajstić information content (AvgIpc) is 2.75. The van der Waals surface area contributed by atoms with Crippen molar-refractivity contribution in [2.45, 2.75) is 13.8 Å². The molecule has 0 fully saturated rings. The van der Waals surface area contributed by atoms with Crippen LogP contribution in [-0.2, 0) is 7.05 Å². The summed E-state index contributed by atoms with van der Waals surface area (Å²) < 4.78 is 1.71. The molecule has 0 bridgehead atoms. The highest BCUT2D eigenvalue weighted by molar-refractivity contribution is 5.88. The molecule has 0 aliphatic rings. The first-order valence-electron chi connectivity index (χ1n) is 6.90. The molecule has 2 heterocycles. The second kappa shape index (κ2) is 5.05. The molecule has 106 valence electrons. The summed E-state index contributed by atoms with van der Waals surface area (Å²) in [5.74, 6) is 0.631. The summed E-state index contributed by atoms with van der Waals surface area (Å²) in [7, 11) is 1.86. The van der Waals surface area contributed by atoms with Crippen LogP contribution in [0.15, 0.2) is 42.6 Å². The largest absolute Gasteiger partial charge is 0.383 e. The second-order valence-electron chi connectivity index (χ2n) is 5.21. The Bertz CT molecular complexity index is 768. The van der Waals surface area contributed by atoms with Crippen LogP contribution < -0.4 is 5.73 Å². The number of rotatable bonds is 2. The average molecular weight is 278 g/mol. The van der Waals surface area contributed by atoms with E-state index in [1.54, 1.807) is 10.9 Å². The number of hydrogen-bond acceptors (Lipinski definition) is 3. The van der Waals surface area contributed by atoms with Gasteiger partial charge in [0.05, 0.1) is 11.3 Å². The third kappa shape index (κ3) is 2.18. The molecule has 3 rings (SSSR count). The summed E-state index contributed by atoms with van der Waals surface area (Å²) in [6.07, 6.45) is 1.77. The summed E-state index contributed by atoms with van der Waals surface area (Å²) in [4.78, 5) is 4.44. The van der Waals surface area contributed by atoms with Crippen LogP contribution in [0.2, 0.25) is 0 Å². The first-order chi connectivity index (χ1) is 10.1. The van der Waals surface area contributed by atoms with E-state index in [1.165, 1.54) is 11.1 Å². The zero-order valence-corrected chi connectivity index (χ0v) is 12.5. The van der Waals surface area contributed by atoms with E-state index < -0.39 is 0 Å². The van der Waals surface area contributed by atoms with Gasteiger partial charge in [-0.2, -0.15) is 5.10 Å². The van der Waals surface area contributed by atoms with Crippen molar-refractivity contribution in [2.75, 3.05) is 5.73 Å². The molecule has 2 aromatic heterocycles. The molecule has 4 nitrogen and oxygen atoms in total. The normalized spacial score (nSPS) is 10.8. The Labute approximate surface area is 124 Å². The number of pyridine rings is 1. The van der Waals surface area contributed by atoms with Crippen molar-refractivity contribution in [3.8, 4) is 22.5 Å². The van der Waals surface area contributed by atoms with Crippen LogP contribution in [0.3, 0.4) is 0 Å². The van der Waals surface area contributed by atoms with Crippen LogP contribution in [0.4, 0.5) is 5.82 Å². The van der Waals surface area contributed by atoms with Crippen LogP contribution >= 0.6 is 0 Å². The molecule has 0 amide bonds. The Hall–Kier alpha value is -2.62. The number of anilines is 1. The van der Waals surface area contributed by atoms with E-state index in [1.807, 2.05) is 25.2 Å². The molecular weight excluding hydrogens is 260 g/mol. The van der Waals surface area contributed by atoms with E-state index in [-0.39, 0.29) is 0 Å². The smallest absolute Gasteiger partial charge is 0.131 e. The molecule has 2 N–H and O–H groups in total. The number of aromatic nitrogens is 3. The lowest BCUT2D eigenvalue weighted by Crippen LogP contribution is -1.98. The summed E-state index contributed by atoms with van der Waals surface area (Å²) in [5.41, 5.74) is 12.4. The minimum atomic E-state index is 0.631. The Balaban J connectivity index is 2.33. The predicted molar refractivity (Wildman–Crippen MR) is 85.8 cm³/mol. The van der Waals surface area contributed by atoms with Crippen molar-refractivity contribution in [1.29, 1.82) is 0 Å². The fourth-order valence-electron chi connectivity index (χ4n) is 2.66. The van der Waals surface area contributed by atoms with Gasteiger partial charge >= 0.3 is 0 Å². The number of nitrogens with zero attached hydrogens (tertiary/aromatic N) is 3. The molecule has 0 aliphatic carbocycles. The lowest BCUT2D eigenvalue weighted by atomic mass is 9.96. The predicted octanol–water partition coefficient (Wildman–Crippen LogP) is 3.35. The molecular formula is C17H18N4.